The summed E-state index contributed by atoms with van der Waals surface area (Å²) in [6.07, 6.45) is 0. The van der Waals surface area contributed by atoms with Crippen LogP contribution in [0.3, 0.4) is 0 Å². The third-order valence-electron chi connectivity index (χ3n) is 6.71. The van der Waals surface area contributed by atoms with E-state index in [4.69, 9.17) is 0 Å². The van der Waals surface area contributed by atoms with Gasteiger partial charge in [-0.3, -0.25) is 4.79 Å². The maximum atomic E-state index is 14.3. The van der Waals surface area contributed by atoms with Crippen LogP contribution in [0.4, 0.5) is 4.39 Å². The molecule has 0 radical (unpaired) electrons. The average molecular weight is 435 g/mol. The molecule has 1 N–H and O–H groups in total. The smallest absolute Gasteiger partial charge is 0.314 e. The molecule has 0 bridgehead atoms. The van der Waals surface area contributed by atoms with Crippen molar-refractivity contribution in [2.45, 2.75) is 18.3 Å². The third kappa shape index (κ3) is 3.46. The number of carboxylic acids is 1. The number of hydrogen-bond donors (Lipinski definition) is 1. The van der Waals surface area contributed by atoms with Crippen molar-refractivity contribution in [3.8, 4) is 0 Å². The second-order valence-corrected chi connectivity index (χ2v) is 8.59. The standard InChI is InChI=1S/C30H23FO2/c1-30(29(32)33,22-13-8-14-23(31)19-22)28(26-17-6-11-20-9-2-4-15-24(20)26)27-18-7-12-21-10-3-5-16-25(21)27/h2-19,28H,1H3,(H,32,33)/t30-/m0/s1. The van der Waals surface area contributed by atoms with Crippen LogP contribution in [-0.2, 0) is 10.2 Å². The summed E-state index contributed by atoms with van der Waals surface area (Å²) in [5.74, 6) is -2.01. The quantitative estimate of drug-likeness (QED) is 0.315. The van der Waals surface area contributed by atoms with Crippen LogP contribution in [0.2, 0.25) is 0 Å². The molecule has 0 spiro atoms. The molecule has 5 aromatic carbocycles. The van der Waals surface area contributed by atoms with Gasteiger partial charge in [-0.15, -0.1) is 0 Å². The van der Waals surface area contributed by atoms with Gasteiger partial charge in [-0.05, 0) is 57.3 Å². The summed E-state index contributed by atoms with van der Waals surface area (Å²) in [4.78, 5) is 13.1. The number of carboxylic acid groups (broad SMARTS) is 1. The number of fused-ring (bicyclic) bond motifs is 2. The Labute approximate surface area is 191 Å². The van der Waals surface area contributed by atoms with Crippen LogP contribution in [0.5, 0.6) is 0 Å². The second-order valence-electron chi connectivity index (χ2n) is 8.59. The third-order valence-corrected chi connectivity index (χ3v) is 6.71. The molecule has 0 heterocycles. The number of halogens is 1. The highest BCUT2D eigenvalue weighted by Crippen LogP contribution is 2.47. The minimum Gasteiger partial charge on any atom is -0.481 e. The van der Waals surface area contributed by atoms with E-state index in [2.05, 4.69) is 0 Å². The molecule has 0 saturated heterocycles. The van der Waals surface area contributed by atoms with Crippen molar-refractivity contribution in [2.24, 2.45) is 0 Å². The van der Waals surface area contributed by atoms with Gasteiger partial charge in [0.15, 0.2) is 0 Å². The summed E-state index contributed by atoms with van der Waals surface area (Å²) in [7, 11) is 0. The fraction of sp³-hybridized carbons (Fsp3) is 0.100. The highest BCUT2D eigenvalue weighted by atomic mass is 19.1. The molecule has 0 unspecified atom stereocenters. The van der Waals surface area contributed by atoms with E-state index in [1.807, 2.05) is 84.9 Å². The zero-order valence-corrected chi connectivity index (χ0v) is 18.2. The van der Waals surface area contributed by atoms with E-state index < -0.39 is 23.1 Å². The van der Waals surface area contributed by atoms with Crippen LogP contribution >= 0.6 is 0 Å². The van der Waals surface area contributed by atoms with Crippen molar-refractivity contribution in [1.29, 1.82) is 0 Å². The predicted octanol–water partition coefficient (Wildman–Crippen LogP) is 7.31. The lowest BCUT2D eigenvalue weighted by Crippen LogP contribution is -2.40. The van der Waals surface area contributed by atoms with Crippen molar-refractivity contribution in [2.75, 3.05) is 0 Å². The Morgan fingerprint density at radius 2 is 1.21 bits per heavy atom. The van der Waals surface area contributed by atoms with Crippen LogP contribution in [0.1, 0.15) is 29.5 Å². The van der Waals surface area contributed by atoms with Crippen molar-refractivity contribution in [3.05, 3.63) is 132 Å². The Balaban J connectivity index is 1.91. The van der Waals surface area contributed by atoms with Gasteiger partial charge in [-0.1, -0.05) is 97.1 Å². The minimum absolute atomic E-state index is 0.431. The summed E-state index contributed by atoms with van der Waals surface area (Å²) in [6, 6.07) is 33.9. The highest BCUT2D eigenvalue weighted by molar-refractivity contribution is 5.93. The predicted molar refractivity (Wildman–Crippen MR) is 131 cm³/mol. The number of benzene rings is 5. The Morgan fingerprint density at radius 1 is 0.727 bits per heavy atom. The Hall–Kier alpha value is -3.98. The Morgan fingerprint density at radius 3 is 1.73 bits per heavy atom. The summed E-state index contributed by atoms with van der Waals surface area (Å²) < 4.78 is 14.3. The molecule has 0 aliphatic carbocycles. The van der Waals surface area contributed by atoms with Gasteiger partial charge in [0.2, 0.25) is 0 Å². The van der Waals surface area contributed by atoms with E-state index in [1.165, 1.54) is 12.1 Å². The fourth-order valence-electron chi connectivity index (χ4n) is 5.02. The van der Waals surface area contributed by atoms with E-state index in [-0.39, 0.29) is 0 Å². The summed E-state index contributed by atoms with van der Waals surface area (Å²) in [6.45, 7) is 1.71. The van der Waals surface area contributed by atoms with Gasteiger partial charge < -0.3 is 5.11 Å². The maximum Gasteiger partial charge on any atom is 0.314 e. The lowest BCUT2D eigenvalue weighted by atomic mass is 9.64. The molecule has 3 heteroatoms. The first kappa shape index (κ1) is 20.9. The monoisotopic (exact) mass is 434 g/mol. The van der Waals surface area contributed by atoms with Crippen molar-refractivity contribution >= 4 is 27.5 Å². The van der Waals surface area contributed by atoms with E-state index in [1.54, 1.807) is 19.1 Å². The average Bonchev–Trinajstić information content (AvgIpc) is 2.84. The SMILES string of the molecule is C[C@](C(=O)O)(c1cccc(F)c1)C(c1cccc2ccccc12)c1cccc2ccccc12. The number of rotatable bonds is 5. The molecule has 0 amide bonds. The second kappa shape index (κ2) is 8.18. The zero-order chi connectivity index (χ0) is 23.0. The molecular weight excluding hydrogens is 411 g/mol. The van der Waals surface area contributed by atoms with Crippen molar-refractivity contribution < 1.29 is 14.3 Å². The van der Waals surface area contributed by atoms with Gasteiger partial charge in [0.05, 0.1) is 0 Å². The van der Waals surface area contributed by atoms with Gasteiger partial charge in [0, 0.05) is 5.92 Å². The van der Waals surface area contributed by atoms with Gasteiger partial charge in [-0.25, -0.2) is 4.39 Å². The fourth-order valence-corrected chi connectivity index (χ4v) is 5.02. The Bertz CT molecular complexity index is 1400. The molecule has 5 aromatic rings. The molecule has 2 nitrogen and oxygen atoms in total. The number of hydrogen-bond acceptors (Lipinski definition) is 1. The molecule has 1 atom stereocenters. The minimum atomic E-state index is -1.42. The summed E-state index contributed by atoms with van der Waals surface area (Å²) in [5.41, 5.74) is 0.814. The van der Waals surface area contributed by atoms with Gasteiger partial charge >= 0.3 is 5.97 Å². The Kier molecular flexibility index (Phi) is 5.18. The molecule has 0 fully saturated rings. The largest absolute Gasteiger partial charge is 0.481 e. The lowest BCUT2D eigenvalue weighted by Gasteiger charge is -2.36. The lowest BCUT2D eigenvalue weighted by molar-refractivity contribution is -0.143. The topological polar surface area (TPSA) is 37.3 Å². The molecule has 0 aliphatic rings. The molecule has 33 heavy (non-hydrogen) atoms. The van der Waals surface area contributed by atoms with Crippen LogP contribution in [0, 0.1) is 5.82 Å². The van der Waals surface area contributed by atoms with Gasteiger partial charge in [0.25, 0.3) is 0 Å². The molecule has 0 aromatic heterocycles. The zero-order valence-electron chi connectivity index (χ0n) is 18.2. The van der Waals surface area contributed by atoms with E-state index in [9.17, 15) is 14.3 Å². The molecule has 5 rings (SSSR count). The number of carbonyl (C=O) groups is 1. The van der Waals surface area contributed by atoms with Gasteiger partial charge in [0.1, 0.15) is 11.2 Å². The van der Waals surface area contributed by atoms with E-state index in [0.29, 0.717) is 5.56 Å². The first-order chi connectivity index (χ1) is 16.0. The van der Waals surface area contributed by atoms with Crippen LogP contribution in [-0.4, -0.2) is 11.1 Å². The number of aliphatic carboxylic acids is 1. The van der Waals surface area contributed by atoms with Crippen LogP contribution < -0.4 is 0 Å². The molecule has 162 valence electrons. The molecular formula is C30H23FO2. The van der Waals surface area contributed by atoms with Crippen molar-refractivity contribution in [1.82, 2.24) is 0 Å². The van der Waals surface area contributed by atoms with E-state index in [0.717, 1.165) is 32.7 Å². The van der Waals surface area contributed by atoms with Crippen LogP contribution in [0.15, 0.2) is 109 Å². The molecule has 0 saturated carbocycles. The van der Waals surface area contributed by atoms with Crippen LogP contribution in [0.25, 0.3) is 21.5 Å². The van der Waals surface area contributed by atoms with E-state index >= 15 is 0 Å². The van der Waals surface area contributed by atoms with Crippen molar-refractivity contribution in [3.63, 3.8) is 0 Å². The van der Waals surface area contributed by atoms with Gasteiger partial charge in [-0.2, -0.15) is 0 Å². The molecule has 0 aliphatic heterocycles. The summed E-state index contributed by atoms with van der Waals surface area (Å²) >= 11 is 0. The first-order valence-electron chi connectivity index (χ1n) is 10.9. The first-order valence-corrected chi connectivity index (χ1v) is 10.9. The normalized spacial score (nSPS) is 13.3. The maximum absolute atomic E-state index is 14.3. The summed E-state index contributed by atoms with van der Waals surface area (Å²) in [5, 5.41) is 14.7. The highest BCUT2D eigenvalue weighted by Gasteiger charge is 2.46.